The van der Waals surface area contributed by atoms with Gasteiger partial charge in [-0.15, -0.1) is 0 Å². The molecular weight excluding hydrogens is 426 g/mol. The van der Waals surface area contributed by atoms with Gasteiger partial charge in [0.1, 0.15) is 24.1 Å². The number of nitrogens with one attached hydrogen (secondary N) is 1. The summed E-state index contributed by atoms with van der Waals surface area (Å²) in [5.41, 5.74) is 2.23. The summed E-state index contributed by atoms with van der Waals surface area (Å²) in [6, 6.07) is 5.75. The SMILES string of the molecule is COc1nc(N(C)C)ccc1-c1nc2nc(O[C@@H]3CO[C@H]4[C@@H]3OC[C@H]4O)[nH]c2cc1Cl. The Morgan fingerprint density at radius 3 is 2.74 bits per heavy atom. The molecule has 2 aliphatic rings. The first-order valence-corrected chi connectivity index (χ1v) is 10.2. The number of nitrogens with zero attached hydrogens (tertiary/aromatic N) is 4. The number of methoxy groups -OCH3 is 1. The predicted molar refractivity (Wildman–Crippen MR) is 113 cm³/mol. The molecule has 0 saturated carbocycles. The van der Waals surface area contributed by atoms with E-state index in [0.717, 1.165) is 5.82 Å². The molecule has 0 amide bonds. The van der Waals surface area contributed by atoms with Crippen LogP contribution < -0.4 is 14.4 Å². The number of anilines is 1. The molecule has 4 atom stereocenters. The van der Waals surface area contributed by atoms with Crippen molar-refractivity contribution >= 4 is 28.6 Å². The van der Waals surface area contributed by atoms with Gasteiger partial charge in [0.15, 0.2) is 11.8 Å². The highest BCUT2D eigenvalue weighted by molar-refractivity contribution is 6.33. The van der Waals surface area contributed by atoms with Crippen molar-refractivity contribution in [2.24, 2.45) is 0 Å². The van der Waals surface area contributed by atoms with Gasteiger partial charge in [0, 0.05) is 14.1 Å². The van der Waals surface area contributed by atoms with Gasteiger partial charge in [-0.3, -0.25) is 0 Å². The second kappa shape index (κ2) is 7.79. The van der Waals surface area contributed by atoms with Gasteiger partial charge in [0.05, 0.1) is 42.1 Å². The fourth-order valence-electron chi connectivity index (χ4n) is 3.84. The lowest BCUT2D eigenvalue weighted by atomic mass is 10.1. The molecule has 5 heterocycles. The molecule has 0 aromatic carbocycles. The van der Waals surface area contributed by atoms with E-state index in [9.17, 15) is 5.11 Å². The number of aliphatic hydroxyl groups is 1. The minimum atomic E-state index is -0.639. The molecule has 0 spiro atoms. The van der Waals surface area contributed by atoms with Gasteiger partial charge in [0.2, 0.25) is 5.88 Å². The van der Waals surface area contributed by atoms with Crippen LogP contribution in [0.25, 0.3) is 22.4 Å². The Kier molecular flexibility index (Phi) is 5.09. The van der Waals surface area contributed by atoms with Crippen LogP contribution in [-0.4, -0.2) is 83.9 Å². The summed E-state index contributed by atoms with van der Waals surface area (Å²) >= 11 is 6.52. The molecule has 2 N–H and O–H groups in total. The monoisotopic (exact) mass is 447 g/mol. The highest BCUT2D eigenvalue weighted by Gasteiger charge is 2.48. The lowest BCUT2D eigenvalue weighted by Crippen LogP contribution is -2.34. The largest absolute Gasteiger partial charge is 0.480 e. The topological polar surface area (TPSA) is 115 Å². The van der Waals surface area contributed by atoms with Crippen LogP contribution in [0.2, 0.25) is 5.02 Å². The molecule has 0 bridgehead atoms. The van der Waals surface area contributed by atoms with Crippen molar-refractivity contribution < 1.29 is 24.1 Å². The van der Waals surface area contributed by atoms with E-state index in [1.807, 2.05) is 31.1 Å². The van der Waals surface area contributed by atoms with Gasteiger partial charge < -0.3 is 33.9 Å². The highest BCUT2D eigenvalue weighted by atomic mass is 35.5. The Morgan fingerprint density at radius 2 is 1.97 bits per heavy atom. The minimum absolute atomic E-state index is 0.234. The molecular formula is C20H22ClN5O5. The third kappa shape index (κ3) is 3.55. The number of fused-ring (bicyclic) bond motifs is 2. The maximum atomic E-state index is 9.89. The summed E-state index contributed by atoms with van der Waals surface area (Å²) in [4.78, 5) is 18.5. The Hall–Kier alpha value is -2.66. The van der Waals surface area contributed by atoms with E-state index in [2.05, 4.69) is 19.9 Å². The first kappa shape index (κ1) is 20.3. The Labute approximate surface area is 183 Å². The first-order chi connectivity index (χ1) is 14.9. The molecule has 3 aromatic heterocycles. The molecule has 31 heavy (non-hydrogen) atoms. The number of aliphatic hydroxyl groups excluding tert-OH is 1. The number of hydrogen-bond acceptors (Lipinski definition) is 9. The normalized spacial score (nSPS) is 25.1. The lowest BCUT2D eigenvalue weighted by Gasteiger charge is -2.15. The third-order valence-corrected chi connectivity index (χ3v) is 5.69. The molecule has 2 fully saturated rings. The van der Waals surface area contributed by atoms with E-state index in [-0.39, 0.29) is 30.9 Å². The van der Waals surface area contributed by atoms with Crippen molar-refractivity contribution in [2.45, 2.75) is 24.4 Å². The molecule has 0 aliphatic carbocycles. The van der Waals surface area contributed by atoms with Gasteiger partial charge in [-0.2, -0.15) is 9.97 Å². The molecule has 164 valence electrons. The van der Waals surface area contributed by atoms with Gasteiger partial charge in [0.25, 0.3) is 6.01 Å². The molecule has 2 aliphatic heterocycles. The van der Waals surface area contributed by atoms with Crippen molar-refractivity contribution in [3.8, 4) is 23.1 Å². The van der Waals surface area contributed by atoms with E-state index >= 15 is 0 Å². The van der Waals surface area contributed by atoms with E-state index in [0.29, 0.717) is 39.9 Å². The zero-order chi connectivity index (χ0) is 21.7. The summed E-state index contributed by atoms with van der Waals surface area (Å²) in [5.74, 6) is 1.17. The quantitative estimate of drug-likeness (QED) is 0.602. The number of H-pyrrole nitrogens is 1. The molecule has 11 heteroatoms. The van der Waals surface area contributed by atoms with Crippen LogP contribution in [0.4, 0.5) is 5.82 Å². The number of hydrogen-bond donors (Lipinski definition) is 2. The molecule has 0 unspecified atom stereocenters. The maximum absolute atomic E-state index is 9.89. The number of imidazole rings is 1. The van der Waals surface area contributed by atoms with Gasteiger partial charge in [-0.25, -0.2) is 4.98 Å². The summed E-state index contributed by atoms with van der Waals surface area (Å²) in [6.45, 7) is 0.544. The van der Waals surface area contributed by atoms with Crippen molar-refractivity contribution in [3.05, 3.63) is 23.2 Å². The van der Waals surface area contributed by atoms with Crippen molar-refractivity contribution in [1.29, 1.82) is 0 Å². The van der Waals surface area contributed by atoms with Gasteiger partial charge in [-0.05, 0) is 18.2 Å². The second-order valence-corrected chi connectivity index (χ2v) is 8.08. The zero-order valence-corrected chi connectivity index (χ0v) is 18.0. The fraction of sp³-hybridized carbons (Fsp3) is 0.450. The van der Waals surface area contributed by atoms with Crippen molar-refractivity contribution in [2.75, 3.05) is 39.3 Å². The van der Waals surface area contributed by atoms with Crippen LogP contribution in [0.3, 0.4) is 0 Å². The smallest absolute Gasteiger partial charge is 0.296 e. The van der Waals surface area contributed by atoms with E-state index in [4.69, 9.17) is 30.5 Å². The van der Waals surface area contributed by atoms with E-state index < -0.39 is 6.10 Å². The third-order valence-electron chi connectivity index (χ3n) is 5.40. The maximum Gasteiger partial charge on any atom is 0.296 e. The molecule has 2 saturated heterocycles. The van der Waals surface area contributed by atoms with Crippen molar-refractivity contribution in [1.82, 2.24) is 19.9 Å². The van der Waals surface area contributed by atoms with Crippen LogP contribution in [0, 0.1) is 0 Å². The van der Waals surface area contributed by atoms with E-state index in [1.165, 1.54) is 0 Å². The molecule has 10 nitrogen and oxygen atoms in total. The van der Waals surface area contributed by atoms with Crippen LogP contribution in [0.5, 0.6) is 11.9 Å². The molecule has 3 aromatic rings. The number of aromatic nitrogens is 4. The summed E-state index contributed by atoms with van der Waals surface area (Å²) < 4.78 is 22.6. The van der Waals surface area contributed by atoms with Crippen molar-refractivity contribution in [3.63, 3.8) is 0 Å². The predicted octanol–water partition coefficient (Wildman–Crippen LogP) is 1.65. The molecule has 5 rings (SSSR count). The number of rotatable bonds is 5. The molecule has 0 radical (unpaired) electrons. The van der Waals surface area contributed by atoms with Crippen LogP contribution in [0.15, 0.2) is 18.2 Å². The Balaban J connectivity index is 1.45. The minimum Gasteiger partial charge on any atom is -0.480 e. The Bertz CT molecular complexity index is 1120. The van der Waals surface area contributed by atoms with Crippen LogP contribution in [0.1, 0.15) is 0 Å². The Morgan fingerprint density at radius 1 is 1.16 bits per heavy atom. The number of ether oxygens (including phenoxy) is 4. The van der Waals surface area contributed by atoms with Crippen LogP contribution >= 0.6 is 11.6 Å². The average molecular weight is 448 g/mol. The second-order valence-electron chi connectivity index (χ2n) is 7.67. The number of pyridine rings is 2. The fourth-order valence-corrected chi connectivity index (χ4v) is 4.10. The standard InChI is InChI=1S/C20H22ClN5O5/c1-26(2)14-5-4-9(19(23-14)28-3)15-10(21)6-11-18(24-15)25-20(22-11)31-13-8-30-16-12(27)7-29-17(13)16/h4-6,12-13,16-17,27H,7-8H2,1-3H3,(H,22,24,25)/t12-,13-,16-,17-/m1/s1. The summed E-state index contributed by atoms with van der Waals surface area (Å²) in [5, 5.41) is 10.3. The zero-order valence-electron chi connectivity index (χ0n) is 17.2. The first-order valence-electron chi connectivity index (χ1n) is 9.81. The highest BCUT2D eigenvalue weighted by Crippen LogP contribution is 2.36. The van der Waals surface area contributed by atoms with Gasteiger partial charge >= 0.3 is 0 Å². The van der Waals surface area contributed by atoms with Gasteiger partial charge in [-0.1, -0.05) is 11.6 Å². The van der Waals surface area contributed by atoms with Crippen LogP contribution in [-0.2, 0) is 9.47 Å². The lowest BCUT2D eigenvalue weighted by molar-refractivity contribution is 0.00706. The summed E-state index contributed by atoms with van der Waals surface area (Å²) in [6.07, 6.45) is -1.72. The summed E-state index contributed by atoms with van der Waals surface area (Å²) in [7, 11) is 5.36. The van der Waals surface area contributed by atoms with E-state index in [1.54, 1.807) is 13.2 Å². The average Bonchev–Trinajstić information content (AvgIpc) is 3.44. The number of halogens is 1. The number of aromatic amines is 1.